The van der Waals surface area contributed by atoms with Crippen molar-refractivity contribution >= 4 is 5.78 Å². The molecule has 0 amide bonds. The zero-order chi connectivity index (χ0) is 13.4. The number of rotatable bonds is 0. The van der Waals surface area contributed by atoms with Crippen LogP contribution >= 0.6 is 0 Å². The molecule has 92 valence electrons. The second kappa shape index (κ2) is 4.37. The van der Waals surface area contributed by atoms with Crippen LogP contribution in [0.3, 0.4) is 0 Å². The van der Waals surface area contributed by atoms with E-state index < -0.39 is 0 Å². The summed E-state index contributed by atoms with van der Waals surface area (Å²) in [6, 6.07) is 15.7. The SMILES string of the molecule is Cc1ccc2c(c1)C(C#N)Cc1ccccc1C2=O. The minimum atomic E-state index is -0.248. The summed E-state index contributed by atoms with van der Waals surface area (Å²) in [5.41, 5.74) is 4.31. The topological polar surface area (TPSA) is 40.9 Å². The second-order valence-electron chi connectivity index (χ2n) is 4.96. The Bertz CT molecular complexity index is 709. The van der Waals surface area contributed by atoms with Gasteiger partial charge in [-0.1, -0.05) is 48.0 Å². The Morgan fingerprint density at radius 2 is 1.95 bits per heavy atom. The van der Waals surface area contributed by atoms with E-state index in [9.17, 15) is 10.1 Å². The van der Waals surface area contributed by atoms with E-state index >= 15 is 0 Å². The molecule has 19 heavy (non-hydrogen) atoms. The second-order valence-corrected chi connectivity index (χ2v) is 4.96. The van der Waals surface area contributed by atoms with Crippen molar-refractivity contribution in [3.8, 4) is 6.07 Å². The van der Waals surface area contributed by atoms with Crippen LogP contribution in [-0.4, -0.2) is 5.78 Å². The predicted molar refractivity (Wildman–Crippen MR) is 73.1 cm³/mol. The van der Waals surface area contributed by atoms with Gasteiger partial charge < -0.3 is 0 Å². The molecule has 0 spiro atoms. The number of aryl methyl sites for hydroxylation is 1. The highest BCUT2D eigenvalue weighted by Gasteiger charge is 2.26. The molecule has 1 atom stereocenters. The number of hydrogen-bond donors (Lipinski definition) is 0. The first-order chi connectivity index (χ1) is 9.20. The average molecular weight is 247 g/mol. The number of carbonyl (C=O) groups excluding carboxylic acids is 1. The van der Waals surface area contributed by atoms with E-state index in [-0.39, 0.29) is 11.7 Å². The Balaban J connectivity index is 2.28. The number of benzene rings is 2. The fourth-order valence-corrected chi connectivity index (χ4v) is 2.69. The summed E-state index contributed by atoms with van der Waals surface area (Å²) in [4.78, 5) is 12.6. The van der Waals surface area contributed by atoms with Gasteiger partial charge in [-0.15, -0.1) is 0 Å². The van der Waals surface area contributed by atoms with E-state index in [1.807, 2.05) is 49.4 Å². The summed E-state index contributed by atoms with van der Waals surface area (Å²) >= 11 is 0. The van der Waals surface area contributed by atoms with E-state index in [0.717, 1.165) is 22.3 Å². The van der Waals surface area contributed by atoms with Crippen molar-refractivity contribution in [2.75, 3.05) is 0 Å². The molecule has 2 heteroatoms. The molecule has 0 saturated carbocycles. The van der Waals surface area contributed by atoms with Gasteiger partial charge in [0.05, 0.1) is 12.0 Å². The third-order valence-corrected chi connectivity index (χ3v) is 3.67. The van der Waals surface area contributed by atoms with Crippen LogP contribution in [-0.2, 0) is 6.42 Å². The number of hydrogen-bond acceptors (Lipinski definition) is 2. The molecule has 2 nitrogen and oxygen atoms in total. The highest BCUT2D eigenvalue weighted by molar-refractivity contribution is 6.11. The summed E-state index contributed by atoms with van der Waals surface area (Å²) in [5, 5.41) is 9.40. The van der Waals surface area contributed by atoms with Gasteiger partial charge in [-0.25, -0.2) is 0 Å². The third-order valence-electron chi connectivity index (χ3n) is 3.67. The maximum Gasteiger partial charge on any atom is 0.193 e. The van der Waals surface area contributed by atoms with Crippen LogP contribution in [0.2, 0.25) is 0 Å². The van der Waals surface area contributed by atoms with E-state index in [0.29, 0.717) is 12.0 Å². The monoisotopic (exact) mass is 247 g/mol. The van der Waals surface area contributed by atoms with Crippen molar-refractivity contribution in [2.24, 2.45) is 0 Å². The number of ketones is 1. The van der Waals surface area contributed by atoms with E-state index in [2.05, 4.69) is 6.07 Å². The molecule has 0 N–H and O–H groups in total. The molecule has 0 heterocycles. The van der Waals surface area contributed by atoms with Gasteiger partial charge in [-0.2, -0.15) is 5.26 Å². The Morgan fingerprint density at radius 3 is 2.74 bits per heavy atom. The van der Waals surface area contributed by atoms with Crippen molar-refractivity contribution in [3.05, 3.63) is 70.3 Å². The van der Waals surface area contributed by atoms with Crippen molar-refractivity contribution in [1.82, 2.24) is 0 Å². The van der Waals surface area contributed by atoms with Crippen molar-refractivity contribution in [1.29, 1.82) is 5.26 Å². The Labute approximate surface area is 112 Å². The van der Waals surface area contributed by atoms with Crippen LogP contribution in [0.1, 0.15) is 38.5 Å². The fourth-order valence-electron chi connectivity index (χ4n) is 2.69. The van der Waals surface area contributed by atoms with Crippen LogP contribution in [0.4, 0.5) is 0 Å². The maximum absolute atomic E-state index is 12.6. The molecule has 1 aliphatic rings. The summed E-state index contributed by atoms with van der Waals surface area (Å²) < 4.78 is 0. The average Bonchev–Trinajstić information content (AvgIpc) is 2.55. The summed E-state index contributed by atoms with van der Waals surface area (Å²) in [6.45, 7) is 1.98. The van der Waals surface area contributed by atoms with Gasteiger partial charge >= 0.3 is 0 Å². The van der Waals surface area contributed by atoms with E-state index in [1.54, 1.807) is 0 Å². The summed E-state index contributed by atoms with van der Waals surface area (Å²) in [7, 11) is 0. The van der Waals surface area contributed by atoms with Gasteiger partial charge in [0.15, 0.2) is 5.78 Å². The van der Waals surface area contributed by atoms with Gasteiger partial charge in [0.1, 0.15) is 0 Å². The lowest BCUT2D eigenvalue weighted by molar-refractivity contribution is 0.103. The Hall–Kier alpha value is -2.40. The van der Waals surface area contributed by atoms with Crippen LogP contribution in [0, 0.1) is 18.3 Å². The zero-order valence-electron chi connectivity index (χ0n) is 10.7. The standard InChI is InChI=1S/C17H13NO/c1-11-6-7-15-16(8-11)13(10-18)9-12-4-2-3-5-14(12)17(15)19/h2-8,13H,9H2,1H3. The predicted octanol–water partition coefficient (Wildman–Crippen LogP) is 3.39. The molecule has 0 fully saturated rings. The zero-order valence-corrected chi connectivity index (χ0v) is 10.7. The number of nitrogens with zero attached hydrogens (tertiary/aromatic N) is 1. The first kappa shape index (κ1) is 11.7. The molecule has 0 aromatic heterocycles. The van der Waals surface area contributed by atoms with Crippen LogP contribution in [0.15, 0.2) is 42.5 Å². The van der Waals surface area contributed by atoms with Gasteiger partial charge in [-0.05, 0) is 24.5 Å². The van der Waals surface area contributed by atoms with Gasteiger partial charge in [0.25, 0.3) is 0 Å². The maximum atomic E-state index is 12.6. The van der Waals surface area contributed by atoms with Crippen molar-refractivity contribution < 1.29 is 4.79 Å². The lowest BCUT2D eigenvalue weighted by Crippen LogP contribution is -2.05. The first-order valence-electron chi connectivity index (χ1n) is 6.33. The fraction of sp³-hybridized carbons (Fsp3) is 0.176. The Kier molecular flexibility index (Phi) is 2.68. The summed E-state index contributed by atoms with van der Waals surface area (Å²) in [6.07, 6.45) is 0.606. The molecule has 0 aliphatic heterocycles. The first-order valence-corrected chi connectivity index (χ1v) is 6.33. The van der Waals surface area contributed by atoms with Gasteiger partial charge in [-0.3, -0.25) is 4.79 Å². The number of nitriles is 1. The molecular weight excluding hydrogens is 234 g/mol. The molecule has 0 radical (unpaired) electrons. The quantitative estimate of drug-likeness (QED) is 0.716. The number of fused-ring (bicyclic) bond motifs is 2. The molecule has 0 saturated heterocycles. The lowest BCUT2D eigenvalue weighted by Gasteiger charge is -2.10. The van der Waals surface area contributed by atoms with Gasteiger partial charge in [0, 0.05) is 11.1 Å². The molecule has 3 rings (SSSR count). The largest absolute Gasteiger partial charge is 0.289 e. The van der Waals surface area contributed by atoms with Crippen LogP contribution in [0.25, 0.3) is 0 Å². The Morgan fingerprint density at radius 1 is 1.16 bits per heavy atom. The van der Waals surface area contributed by atoms with Crippen LogP contribution < -0.4 is 0 Å². The van der Waals surface area contributed by atoms with E-state index in [1.165, 1.54) is 0 Å². The normalized spacial score (nSPS) is 17.1. The highest BCUT2D eigenvalue weighted by Crippen LogP contribution is 2.32. The van der Waals surface area contributed by atoms with Gasteiger partial charge in [0.2, 0.25) is 0 Å². The molecule has 1 unspecified atom stereocenters. The minimum absolute atomic E-state index is 0.0309. The number of carbonyl (C=O) groups is 1. The molecule has 0 bridgehead atoms. The molecular formula is C17H13NO. The molecule has 2 aromatic carbocycles. The third kappa shape index (κ3) is 1.84. The van der Waals surface area contributed by atoms with Crippen LogP contribution in [0.5, 0.6) is 0 Å². The molecule has 2 aromatic rings. The minimum Gasteiger partial charge on any atom is -0.289 e. The molecule has 1 aliphatic carbocycles. The lowest BCUT2D eigenvalue weighted by atomic mass is 9.91. The summed E-state index contributed by atoms with van der Waals surface area (Å²) in [5.74, 6) is -0.217. The van der Waals surface area contributed by atoms with E-state index in [4.69, 9.17) is 0 Å². The smallest absolute Gasteiger partial charge is 0.193 e. The highest BCUT2D eigenvalue weighted by atomic mass is 16.1. The van der Waals surface area contributed by atoms with Crippen molar-refractivity contribution in [2.45, 2.75) is 19.3 Å². The van der Waals surface area contributed by atoms with Crippen molar-refractivity contribution in [3.63, 3.8) is 0 Å².